The Balaban J connectivity index is 1.67. The molecule has 1 aromatic heterocycles. The molecular weight excluding hydrogens is 551 g/mol. The van der Waals surface area contributed by atoms with E-state index in [1.807, 2.05) is 31.2 Å². The van der Waals surface area contributed by atoms with Gasteiger partial charge in [0.05, 0.1) is 12.7 Å². The number of aryl methyl sites for hydroxylation is 1. The van der Waals surface area contributed by atoms with Crippen LogP contribution in [-0.2, 0) is 19.4 Å². The second-order valence-corrected chi connectivity index (χ2v) is 8.94. The van der Waals surface area contributed by atoms with Crippen LogP contribution in [0.1, 0.15) is 35.3 Å². The SMILES string of the molecule is COc1ccc(C(=O)c2ccc(OCCOc3ccc(C)cc3)nc2)c(OC(C)(C)C(=O)OOC(=O)C(F)(F)F)c1. The minimum Gasteiger partial charge on any atom is -0.497 e. The Kier molecular flexibility index (Phi) is 9.76. The van der Waals surface area contributed by atoms with Gasteiger partial charge in [0.1, 0.15) is 30.5 Å². The number of ether oxygens (including phenoxy) is 4. The molecule has 0 atom stereocenters. The number of pyridine rings is 1. The first-order valence-corrected chi connectivity index (χ1v) is 12.0. The molecule has 0 radical (unpaired) electrons. The Morgan fingerprint density at radius 1 is 0.829 bits per heavy atom. The summed E-state index contributed by atoms with van der Waals surface area (Å²) in [5.41, 5.74) is -0.771. The Morgan fingerprint density at radius 2 is 1.46 bits per heavy atom. The van der Waals surface area contributed by atoms with E-state index in [1.165, 1.54) is 43.6 Å². The lowest BCUT2D eigenvalue weighted by atomic mass is 10.0. The smallest absolute Gasteiger partial charge is 0.495 e. The summed E-state index contributed by atoms with van der Waals surface area (Å²) < 4.78 is 58.9. The molecule has 0 saturated carbocycles. The van der Waals surface area contributed by atoms with Crippen molar-refractivity contribution in [3.63, 3.8) is 0 Å². The largest absolute Gasteiger partial charge is 0.497 e. The number of ketones is 1. The number of aromatic nitrogens is 1. The summed E-state index contributed by atoms with van der Waals surface area (Å²) in [6.07, 6.45) is -4.09. The van der Waals surface area contributed by atoms with Gasteiger partial charge in [-0.15, -0.1) is 0 Å². The van der Waals surface area contributed by atoms with Gasteiger partial charge >= 0.3 is 18.1 Å². The Hall–Kier alpha value is -4.81. The molecule has 0 aliphatic carbocycles. The fraction of sp³-hybridized carbons (Fsp3) is 0.286. The zero-order valence-electron chi connectivity index (χ0n) is 22.4. The molecule has 0 fully saturated rings. The van der Waals surface area contributed by atoms with Crippen molar-refractivity contribution in [3.8, 4) is 23.1 Å². The number of alkyl halides is 3. The van der Waals surface area contributed by atoms with E-state index in [-0.39, 0.29) is 41.7 Å². The number of nitrogens with zero attached hydrogens (tertiary/aromatic N) is 1. The number of carbonyl (C=O) groups excluding carboxylic acids is 3. The molecule has 0 aliphatic rings. The van der Waals surface area contributed by atoms with Crippen molar-refractivity contribution in [2.24, 2.45) is 0 Å². The van der Waals surface area contributed by atoms with Crippen molar-refractivity contribution < 1.29 is 56.3 Å². The molecule has 2 aromatic carbocycles. The predicted octanol–water partition coefficient (Wildman–Crippen LogP) is 4.81. The van der Waals surface area contributed by atoms with Gasteiger partial charge in [0, 0.05) is 23.9 Å². The molecule has 0 spiro atoms. The first kappa shape index (κ1) is 30.7. The molecule has 3 aromatic rings. The molecule has 41 heavy (non-hydrogen) atoms. The highest BCUT2D eigenvalue weighted by atomic mass is 19.4. The second kappa shape index (κ2) is 13.0. The van der Waals surface area contributed by atoms with Crippen LogP contribution in [0, 0.1) is 6.92 Å². The third-order valence-corrected chi connectivity index (χ3v) is 5.34. The van der Waals surface area contributed by atoms with Gasteiger partial charge < -0.3 is 18.9 Å². The monoisotopic (exact) mass is 577 g/mol. The molecule has 0 aliphatic heterocycles. The van der Waals surface area contributed by atoms with Crippen molar-refractivity contribution in [2.75, 3.05) is 20.3 Å². The number of benzene rings is 2. The van der Waals surface area contributed by atoms with Gasteiger partial charge in [0.2, 0.25) is 11.5 Å². The summed E-state index contributed by atoms with van der Waals surface area (Å²) in [5, 5.41) is 0. The van der Waals surface area contributed by atoms with E-state index in [0.717, 1.165) is 19.4 Å². The number of hydrogen-bond donors (Lipinski definition) is 0. The maximum Gasteiger partial charge on any atom is 0.495 e. The summed E-state index contributed by atoms with van der Waals surface area (Å²) in [6.45, 7) is 4.72. The third kappa shape index (κ3) is 8.59. The minimum atomic E-state index is -5.37. The number of rotatable bonds is 11. The van der Waals surface area contributed by atoms with Crippen LogP contribution in [0.5, 0.6) is 23.1 Å². The van der Waals surface area contributed by atoms with Crippen LogP contribution >= 0.6 is 0 Å². The first-order valence-electron chi connectivity index (χ1n) is 12.0. The second-order valence-electron chi connectivity index (χ2n) is 8.94. The summed E-state index contributed by atoms with van der Waals surface area (Å²) in [7, 11) is 1.35. The molecule has 3 rings (SSSR count). The van der Waals surface area contributed by atoms with Gasteiger partial charge in [-0.05, 0) is 51.1 Å². The van der Waals surface area contributed by atoms with Crippen molar-refractivity contribution in [1.82, 2.24) is 4.98 Å². The van der Waals surface area contributed by atoms with Crippen molar-refractivity contribution in [2.45, 2.75) is 32.5 Å². The van der Waals surface area contributed by atoms with Gasteiger partial charge in [-0.3, -0.25) is 4.79 Å². The van der Waals surface area contributed by atoms with E-state index in [1.54, 1.807) is 0 Å². The number of hydrogen-bond acceptors (Lipinski definition) is 10. The molecule has 0 N–H and O–H groups in total. The highest BCUT2D eigenvalue weighted by Gasteiger charge is 2.44. The van der Waals surface area contributed by atoms with Crippen LogP contribution in [0.25, 0.3) is 0 Å². The average molecular weight is 578 g/mol. The molecule has 13 heteroatoms. The topological polar surface area (TPSA) is 119 Å². The van der Waals surface area contributed by atoms with Crippen molar-refractivity contribution in [3.05, 3.63) is 77.5 Å². The van der Waals surface area contributed by atoms with E-state index in [9.17, 15) is 27.6 Å². The Morgan fingerprint density at radius 3 is 2.07 bits per heavy atom. The highest BCUT2D eigenvalue weighted by Crippen LogP contribution is 2.31. The zero-order chi connectivity index (χ0) is 30.2. The van der Waals surface area contributed by atoms with Crippen LogP contribution in [0.3, 0.4) is 0 Å². The van der Waals surface area contributed by atoms with Gasteiger partial charge in [-0.1, -0.05) is 17.7 Å². The van der Waals surface area contributed by atoms with Gasteiger partial charge in [0.25, 0.3) is 0 Å². The Labute approximate surface area is 232 Å². The van der Waals surface area contributed by atoms with E-state index in [4.69, 9.17) is 18.9 Å². The fourth-order valence-electron chi connectivity index (χ4n) is 3.14. The predicted molar refractivity (Wildman–Crippen MR) is 136 cm³/mol. The standard InChI is InChI=1S/C28H26F3NO9/c1-17-5-8-19(9-6-17)37-13-14-38-23-12-7-18(16-32-23)24(33)21-11-10-20(36-4)15-22(21)39-27(2,3)25(34)40-41-26(35)28(29,30)31/h5-12,15-16H,13-14H2,1-4H3. The van der Waals surface area contributed by atoms with Crippen LogP contribution in [-0.4, -0.2) is 54.8 Å². The fourth-order valence-corrected chi connectivity index (χ4v) is 3.14. The molecule has 0 bridgehead atoms. The van der Waals surface area contributed by atoms with Crippen molar-refractivity contribution in [1.29, 1.82) is 0 Å². The number of carbonyl (C=O) groups is 3. The average Bonchev–Trinajstić information content (AvgIpc) is 2.94. The van der Waals surface area contributed by atoms with Gasteiger partial charge in [-0.2, -0.15) is 13.2 Å². The van der Waals surface area contributed by atoms with Crippen LogP contribution in [0.15, 0.2) is 60.8 Å². The molecule has 10 nitrogen and oxygen atoms in total. The third-order valence-electron chi connectivity index (χ3n) is 5.34. The zero-order valence-corrected chi connectivity index (χ0v) is 22.4. The lowest BCUT2D eigenvalue weighted by Gasteiger charge is -2.24. The molecular formula is C28H26F3NO9. The van der Waals surface area contributed by atoms with Gasteiger partial charge in [0.15, 0.2) is 5.78 Å². The molecule has 0 saturated heterocycles. The van der Waals surface area contributed by atoms with Crippen molar-refractivity contribution >= 4 is 17.7 Å². The molecule has 1 heterocycles. The maximum atomic E-state index is 13.3. The summed E-state index contributed by atoms with van der Waals surface area (Å²) in [4.78, 5) is 48.1. The van der Waals surface area contributed by atoms with E-state index >= 15 is 0 Å². The first-order chi connectivity index (χ1) is 19.3. The Bertz CT molecular complexity index is 1370. The highest BCUT2D eigenvalue weighted by molar-refractivity contribution is 6.10. The van der Waals surface area contributed by atoms with Crippen LogP contribution in [0.2, 0.25) is 0 Å². The van der Waals surface area contributed by atoms with E-state index in [2.05, 4.69) is 14.8 Å². The summed E-state index contributed by atoms with van der Waals surface area (Å²) in [6, 6.07) is 14.6. The molecule has 0 amide bonds. The lowest BCUT2D eigenvalue weighted by molar-refractivity contribution is -0.291. The number of methoxy groups -OCH3 is 1. The van der Waals surface area contributed by atoms with E-state index in [0.29, 0.717) is 5.75 Å². The quantitative estimate of drug-likeness (QED) is 0.136. The summed E-state index contributed by atoms with van der Waals surface area (Å²) >= 11 is 0. The van der Waals surface area contributed by atoms with Gasteiger partial charge in [-0.25, -0.2) is 24.3 Å². The number of halogens is 3. The minimum absolute atomic E-state index is 0.0269. The normalized spacial score (nSPS) is 11.3. The van der Waals surface area contributed by atoms with Crippen LogP contribution in [0.4, 0.5) is 13.2 Å². The van der Waals surface area contributed by atoms with Crippen LogP contribution < -0.4 is 18.9 Å². The van der Waals surface area contributed by atoms with E-state index < -0.39 is 29.5 Å². The lowest BCUT2D eigenvalue weighted by Crippen LogP contribution is -2.41. The molecule has 0 unspecified atom stereocenters. The maximum absolute atomic E-state index is 13.3. The molecule has 218 valence electrons. The summed E-state index contributed by atoms with van der Waals surface area (Å²) in [5.74, 6) is -3.71.